The molecule has 0 atom stereocenters. The summed E-state index contributed by atoms with van der Waals surface area (Å²) in [7, 11) is 1.83. The third-order valence-corrected chi connectivity index (χ3v) is 2.97. The minimum atomic E-state index is -0.159. The number of aromatic nitrogens is 2. The second-order valence-corrected chi connectivity index (χ2v) is 4.36. The molecule has 0 saturated carbocycles. The fourth-order valence-corrected chi connectivity index (χ4v) is 2.00. The lowest BCUT2D eigenvalue weighted by Gasteiger charge is -2.01. The first kappa shape index (κ1) is 13.1. The Morgan fingerprint density at radius 3 is 3.00 bits per heavy atom. The number of hydrogen-bond acceptors (Lipinski definition) is 3. The Morgan fingerprint density at radius 1 is 1.42 bits per heavy atom. The molecule has 5 nitrogen and oxygen atoms in total. The molecule has 0 aliphatic carbocycles. The number of nitrogens with one attached hydrogen (secondary N) is 1. The van der Waals surface area contributed by atoms with E-state index in [1.165, 1.54) is 0 Å². The Balaban J connectivity index is 2.04. The Hall–Kier alpha value is -2.35. The van der Waals surface area contributed by atoms with Crippen molar-refractivity contribution in [1.29, 1.82) is 5.26 Å². The van der Waals surface area contributed by atoms with Crippen molar-refractivity contribution in [1.82, 2.24) is 15.1 Å². The molecule has 0 unspecified atom stereocenters. The topological polar surface area (TPSA) is 70.7 Å². The van der Waals surface area contributed by atoms with Gasteiger partial charge in [-0.1, -0.05) is 18.2 Å². The van der Waals surface area contributed by atoms with Gasteiger partial charge in [-0.25, -0.2) is 0 Å². The van der Waals surface area contributed by atoms with Crippen molar-refractivity contribution in [2.45, 2.75) is 19.3 Å². The highest BCUT2D eigenvalue weighted by molar-refractivity contribution is 6.04. The summed E-state index contributed by atoms with van der Waals surface area (Å²) in [6, 6.07) is 9.74. The Bertz CT molecular complexity index is 624. The summed E-state index contributed by atoms with van der Waals surface area (Å²) in [6.07, 6.45) is 2.15. The lowest BCUT2D eigenvalue weighted by molar-refractivity contribution is 0.0949. The number of nitriles is 1. The molecule has 0 saturated heterocycles. The van der Waals surface area contributed by atoms with Crippen LogP contribution in [0.2, 0.25) is 0 Å². The molecule has 98 valence electrons. The van der Waals surface area contributed by atoms with Crippen molar-refractivity contribution in [2.75, 3.05) is 6.54 Å². The summed E-state index contributed by atoms with van der Waals surface area (Å²) in [5.74, 6) is -0.159. The lowest BCUT2D eigenvalue weighted by Crippen LogP contribution is -2.25. The number of rotatable bonds is 5. The maximum Gasteiger partial charge on any atom is 0.272 e. The van der Waals surface area contributed by atoms with E-state index in [0.717, 1.165) is 23.7 Å². The summed E-state index contributed by atoms with van der Waals surface area (Å²) in [5.41, 5.74) is 1.40. The van der Waals surface area contributed by atoms with Gasteiger partial charge in [0.25, 0.3) is 5.91 Å². The largest absolute Gasteiger partial charge is 0.351 e. The van der Waals surface area contributed by atoms with Crippen LogP contribution in [0.5, 0.6) is 0 Å². The van der Waals surface area contributed by atoms with Crippen LogP contribution in [0.3, 0.4) is 0 Å². The summed E-state index contributed by atoms with van der Waals surface area (Å²) in [6.45, 7) is 0.575. The predicted molar refractivity (Wildman–Crippen MR) is 72.5 cm³/mol. The van der Waals surface area contributed by atoms with Gasteiger partial charge in [-0.05, 0) is 18.9 Å². The zero-order chi connectivity index (χ0) is 13.7. The third kappa shape index (κ3) is 2.91. The lowest BCUT2D eigenvalue weighted by atomic mass is 10.2. The maximum absolute atomic E-state index is 12.1. The smallest absolute Gasteiger partial charge is 0.272 e. The molecule has 0 aliphatic rings. The van der Waals surface area contributed by atoms with Crippen molar-refractivity contribution >= 4 is 16.8 Å². The van der Waals surface area contributed by atoms with E-state index >= 15 is 0 Å². The standard InChI is InChI=1S/C14H16N4O/c1-18-12-8-4-3-7-11(12)13(17-18)14(19)16-10-6-2-5-9-15/h3-4,7-8H,2,5-6,10H2,1H3,(H,16,19). The summed E-state index contributed by atoms with van der Waals surface area (Å²) in [5, 5.41) is 16.4. The minimum Gasteiger partial charge on any atom is -0.351 e. The highest BCUT2D eigenvalue weighted by Gasteiger charge is 2.14. The average Bonchev–Trinajstić information content (AvgIpc) is 2.76. The number of fused-ring (bicyclic) bond motifs is 1. The van der Waals surface area contributed by atoms with Crippen LogP contribution in [0.25, 0.3) is 10.9 Å². The van der Waals surface area contributed by atoms with E-state index in [9.17, 15) is 4.79 Å². The molecule has 2 rings (SSSR count). The van der Waals surface area contributed by atoms with Crippen LogP contribution < -0.4 is 5.32 Å². The number of benzene rings is 1. The molecular weight excluding hydrogens is 240 g/mol. The van der Waals surface area contributed by atoms with Crippen molar-refractivity contribution < 1.29 is 4.79 Å². The van der Waals surface area contributed by atoms with Gasteiger partial charge in [-0.2, -0.15) is 10.4 Å². The van der Waals surface area contributed by atoms with Crippen molar-refractivity contribution in [3.63, 3.8) is 0 Å². The average molecular weight is 256 g/mol. The second-order valence-electron chi connectivity index (χ2n) is 4.36. The Kier molecular flexibility index (Phi) is 4.14. The highest BCUT2D eigenvalue weighted by atomic mass is 16.1. The molecule has 1 N–H and O–H groups in total. The molecule has 0 fully saturated rings. The van der Waals surface area contributed by atoms with Crippen LogP contribution in [0.15, 0.2) is 24.3 Å². The van der Waals surface area contributed by atoms with Gasteiger partial charge in [0.05, 0.1) is 11.6 Å². The summed E-state index contributed by atoms with van der Waals surface area (Å²) in [4.78, 5) is 12.1. The number of amides is 1. The SMILES string of the molecule is Cn1nc(C(=O)NCCCCC#N)c2ccccc21. The first-order chi connectivity index (χ1) is 9.24. The molecule has 0 aliphatic heterocycles. The number of carbonyl (C=O) groups is 1. The number of aryl methyl sites for hydroxylation is 1. The molecule has 0 bridgehead atoms. The number of para-hydroxylation sites is 1. The highest BCUT2D eigenvalue weighted by Crippen LogP contribution is 2.17. The van der Waals surface area contributed by atoms with E-state index in [1.54, 1.807) is 4.68 Å². The molecule has 1 heterocycles. The first-order valence-corrected chi connectivity index (χ1v) is 6.31. The quantitative estimate of drug-likeness (QED) is 0.832. The van der Waals surface area contributed by atoms with Gasteiger partial charge < -0.3 is 5.32 Å². The van der Waals surface area contributed by atoms with E-state index in [2.05, 4.69) is 16.5 Å². The molecule has 1 aromatic carbocycles. The van der Waals surface area contributed by atoms with E-state index in [-0.39, 0.29) is 5.91 Å². The minimum absolute atomic E-state index is 0.159. The van der Waals surface area contributed by atoms with Gasteiger partial charge in [-0.15, -0.1) is 0 Å². The van der Waals surface area contributed by atoms with Gasteiger partial charge in [0.1, 0.15) is 0 Å². The molecular formula is C14H16N4O. The van der Waals surface area contributed by atoms with E-state index in [1.807, 2.05) is 31.3 Å². The molecule has 2 aromatic rings. The van der Waals surface area contributed by atoms with Crippen molar-refractivity contribution in [3.8, 4) is 6.07 Å². The zero-order valence-corrected chi connectivity index (χ0v) is 10.9. The first-order valence-electron chi connectivity index (χ1n) is 6.31. The van der Waals surface area contributed by atoms with Crippen LogP contribution in [-0.2, 0) is 7.05 Å². The van der Waals surface area contributed by atoms with Crippen LogP contribution in [0.1, 0.15) is 29.8 Å². The fraction of sp³-hybridized carbons (Fsp3) is 0.357. The number of unbranched alkanes of at least 4 members (excludes halogenated alkanes) is 2. The number of hydrogen-bond donors (Lipinski definition) is 1. The van der Waals surface area contributed by atoms with Gasteiger partial charge in [0.2, 0.25) is 0 Å². The monoisotopic (exact) mass is 256 g/mol. The maximum atomic E-state index is 12.1. The Labute approximate surface area is 111 Å². The Morgan fingerprint density at radius 2 is 2.21 bits per heavy atom. The van der Waals surface area contributed by atoms with Gasteiger partial charge in [0, 0.05) is 25.4 Å². The van der Waals surface area contributed by atoms with Crippen LogP contribution in [-0.4, -0.2) is 22.2 Å². The summed E-state index contributed by atoms with van der Waals surface area (Å²) >= 11 is 0. The van der Waals surface area contributed by atoms with Crippen LogP contribution in [0.4, 0.5) is 0 Å². The van der Waals surface area contributed by atoms with E-state index < -0.39 is 0 Å². The van der Waals surface area contributed by atoms with Gasteiger partial charge >= 0.3 is 0 Å². The molecule has 5 heteroatoms. The van der Waals surface area contributed by atoms with Gasteiger partial charge in [0.15, 0.2) is 5.69 Å². The van der Waals surface area contributed by atoms with E-state index in [0.29, 0.717) is 18.7 Å². The number of carbonyl (C=O) groups excluding carboxylic acids is 1. The zero-order valence-electron chi connectivity index (χ0n) is 10.9. The van der Waals surface area contributed by atoms with Crippen molar-refractivity contribution in [3.05, 3.63) is 30.0 Å². The van der Waals surface area contributed by atoms with E-state index in [4.69, 9.17) is 5.26 Å². The normalized spacial score (nSPS) is 10.3. The molecule has 1 aromatic heterocycles. The number of nitrogens with zero attached hydrogens (tertiary/aromatic N) is 3. The molecule has 0 spiro atoms. The second kappa shape index (κ2) is 6.01. The molecule has 0 radical (unpaired) electrons. The third-order valence-electron chi connectivity index (χ3n) is 2.97. The summed E-state index contributed by atoms with van der Waals surface area (Å²) < 4.78 is 1.71. The van der Waals surface area contributed by atoms with Crippen molar-refractivity contribution in [2.24, 2.45) is 7.05 Å². The molecule has 1 amide bonds. The van der Waals surface area contributed by atoms with Crippen LogP contribution in [0, 0.1) is 11.3 Å². The fourth-order valence-electron chi connectivity index (χ4n) is 2.00. The van der Waals surface area contributed by atoms with Crippen LogP contribution >= 0.6 is 0 Å². The molecule has 19 heavy (non-hydrogen) atoms. The van der Waals surface area contributed by atoms with Gasteiger partial charge in [-0.3, -0.25) is 9.48 Å². The predicted octanol–water partition coefficient (Wildman–Crippen LogP) is 2.00.